The first-order chi connectivity index (χ1) is 9.63. The smallest absolute Gasteiger partial charge is 0.0426 e. The molecule has 1 aromatic carbocycles. The average Bonchev–Trinajstić information content (AvgIpc) is 2.38. The van der Waals surface area contributed by atoms with E-state index in [9.17, 15) is 0 Å². The molecule has 2 atom stereocenters. The average molecular weight is 293 g/mol. The summed E-state index contributed by atoms with van der Waals surface area (Å²) < 4.78 is 0. The molecular formula is C17H25ClN2. The molecule has 20 heavy (non-hydrogen) atoms. The SMILES string of the molecule is CC(C)N1CC2CCCC(C1)C2Nc1cccc(Cl)c1. The molecule has 2 aliphatic rings. The monoisotopic (exact) mass is 292 g/mol. The summed E-state index contributed by atoms with van der Waals surface area (Å²) in [6, 6.07) is 9.45. The molecule has 1 saturated carbocycles. The summed E-state index contributed by atoms with van der Waals surface area (Å²) in [6.07, 6.45) is 4.12. The zero-order chi connectivity index (χ0) is 14.1. The molecule has 1 aromatic rings. The van der Waals surface area contributed by atoms with Gasteiger partial charge in [-0.15, -0.1) is 0 Å². The Hall–Kier alpha value is -0.730. The number of nitrogens with one attached hydrogen (secondary N) is 1. The fraction of sp³-hybridized carbons (Fsp3) is 0.647. The summed E-state index contributed by atoms with van der Waals surface area (Å²) in [4.78, 5) is 2.66. The zero-order valence-electron chi connectivity index (χ0n) is 12.5. The molecule has 2 fully saturated rings. The first-order valence-corrected chi connectivity index (χ1v) is 8.27. The third-order valence-electron chi connectivity index (χ3n) is 4.99. The number of benzene rings is 1. The number of halogens is 1. The number of piperidine rings is 1. The van der Waals surface area contributed by atoms with Crippen LogP contribution in [0.2, 0.25) is 5.02 Å². The number of likely N-dealkylation sites (tertiary alicyclic amines) is 1. The summed E-state index contributed by atoms with van der Waals surface area (Å²) in [5.74, 6) is 1.56. The number of fused-ring (bicyclic) bond motifs is 2. The van der Waals surface area contributed by atoms with Crippen LogP contribution in [0.15, 0.2) is 24.3 Å². The predicted molar refractivity (Wildman–Crippen MR) is 86.4 cm³/mol. The lowest BCUT2D eigenvalue weighted by atomic mass is 9.73. The van der Waals surface area contributed by atoms with E-state index in [0.717, 1.165) is 16.9 Å². The first kappa shape index (κ1) is 14.2. The van der Waals surface area contributed by atoms with Gasteiger partial charge in [0.2, 0.25) is 0 Å². The van der Waals surface area contributed by atoms with Gasteiger partial charge in [0.1, 0.15) is 0 Å². The van der Waals surface area contributed by atoms with Gasteiger partial charge < -0.3 is 10.2 Å². The number of rotatable bonds is 3. The van der Waals surface area contributed by atoms with Gasteiger partial charge in [-0.1, -0.05) is 24.1 Å². The van der Waals surface area contributed by atoms with Crippen LogP contribution in [0.5, 0.6) is 0 Å². The molecule has 0 spiro atoms. The van der Waals surface area contributed by atoms with Crippen molar-refractivity contribution in [3.8, 4) is 0 Å². The van der Waals surface area contributed by atoms with Crippen molar-refractivity contribution in [2.45, 2.75) is 45.2 Å². The fourth-order valence-corrected chi connectivity index (χ4v) is 4.09. The fourth-order valence-electron chi connectivity index (χ4n) is 3.90. The van der Waals surface area contributed by atoms with Gasteiger partial charge in [-0.3, -0.25) is 0 Å². The van der Waals surface area contributed by atoms with E-state index < -0.39 is 0 Å². The summed E-state index contributed by atoms with van der Waals surface area (Å²) >= 11 is 6.10. The van der Waals surface area contributed by atoms with Crippen LogP contribution in [-0.2, 0) is 0 Å². The second-order valence-electron chi connectivity index (χ2n) is 6.68. The summed E-state index contributed by atoms with van der Waals surface area (Å²) in [6.45, 7) is 7.12. The molecule has 1 aliphatic heterocycles. The van der Waals surface area contributed by atoms with Crippen molar-refractivity contribution in [1.82, 2.24) is 4.90 Å². The van der Waals surface area contributed by atoms with Crippen molar-refractivity contribution >= 4 is 17.3 Å². The van der Waals surface area contributed by atoms with Crippen LogP contribution < -0.4 is 5.32 Å². The summed E-state index contributed by atoms with van der Waals surface area (Å²) in [5, 5.41) is 4.59. The third-order valence-corrected chi connectivity index (χ3v) is 5.23. The van der Waals surface area contributed by atoms with Crippen molar-refractivity contribution in [3.05, 3.63) is 29.3 Å². The van der Waals surface area contributed by atoms with E-state index >= 15 is 0 Å². The maximum absolute atomic E-state index is 6.10. The second-order valence-corrected chi connectivity index (χ2v) is 7.12. The van der Waals surface area contributed by atoms with Crippen LogP contribution in [0.1, 0.15) is 33.1 Å². The normalized spacial score (nSPS) is 30.5. The zero-order valence-corrected chi connectivity index (χ0v) is 13.2. The molecule has 3 heteroatoms. The van der Waals surface area contributed by atoms with Crippen molar-refractivity contribution in [2.24, 2.45) is 11.8 Å². The first-order valence-electron chi connectivity index (χ1n) is 7.89. The minimum Gasteiger partial charge on any atom is -0.382 e. The number of anilines is 1. The van der Waals surface area contributed by atoms with Gasteiger partial charge in [0, 0.05) is 35.9 Å². The molecule has 2 unspecified atom stereocenters. The van der Waals surface area contributed by atoms with Crippen LogP contribution in [0.4, 0.5) is 5.69 Å². The highest BCUT2D eigenvalue weighted by Crippen LogP contribution is 2.37. The largest absolute Gasteiger partial charge is 0.382 e. The Morgan fingerprint density at radius 3 is 2.50 bits per heavy atom. The summed E-state index contributed by atoms with van der Waals surface area (Å²) in [7, 11) is 0. The van der Waals surface area contributed by atoms with E-state index in [1.54, 1.807) is 0 Å². The molecule has 2 bridgehead atoms. The molecule has 2 nitrogen and oxygen atoms in total. The lowest BCUT2D eigenvalue weighted by Gasteiger charge is -2.49. The molecule has 0 aromatic heterocycles. The van der Waals surface area contributed by atoms with Gasteiger partial charge in [-0.25, -0.2) is 0 Å². The lowest BCUT2D eigenvalue weighted by molar-refractivity contribution is 0.0518. The molecule has 0 radical (unpaired) electrons. The predicted octanol–water partition coefficient (Wildman–Crippen LogP) is 4.26. The van der Waals surface area contributed by atoms with Crippen molar-refractivity contribution in [3.63, 3.8) is 0 Å². The maximum Gasteiger partial charge on any atom is 0.0426 e. The molecule has 110 valence electrons. The minimum absolute atomic E-state index is 0.622. The Balaban J connectivity index is 1.73. The molecule has 1 saturated heterocycles. The standard InChI is InChI=1S/C17H25ClN2/c1-12(2)20-10-13-5-3-6-14(11-20)17(13)19-16-8-4-7-15(18)9-16/h4,7-9,12-14,17,19H,3,5-6,10-11H2,1-2H3. The van der Waals surface area contributed by atoms with Gasteiger partial charge in [0.25, 0.3) is 0 Å². The number of hydrogen-bond acceptors (Lipinski definition) is 2. The molecule has 1 aliphatic carbocycles. The van der Waals surface area contributed by atoms with E-state index in [0.29, 0.717) is 12.1 Å². The Morgan fingerprint density at radius 1 is 1.20 bits per heavy atom. The second kappa shape index (κ2) is 5.95. The number of nitrogens with zero attached hydrogens (tertiary/aromatic N) is 1. The van der Waals surface area contributed by atoms with Crippen molar-refractivity contribution in [2.75, 3.05) is 18.4 Å². The summed E-state index contributed by atoms with van der Waals surface area (Å²) in [5.41, 5.74) is 1.18. The van der Waals surface area contributed by atoms with E-state index in [1.165, 1.54) is 38.0 Å². The highest BCUT2D eigenvalue weighted by Gasteiger charge is 2.39. The highest BCUT2D eigenvalue weighted by molar-refractivity contribution is 6.30. The molecule has 1 heterocycles. The topological polar surface area (TPSA) is 15.3 Å². The molecular weight excluding hydrogens is 268 g/mol. The third kappa shape index (κ3) is 2.96. The van der Waals surface area contributed by atoms with E-state index in [1.807, 2.05) is 18.2 Å². The van der Waals surface area contributed by atoms with Gasteiger partial charge in [0.05, 0.1) is 0 Å². The number of hydrogen-bond donors (Lipinski definition) is 1. The highest BCUT2D eigenvalue weighted by atomic mass is 35.5. The van der Waals surface area contributed by atoms with E-state index in [4.69, 9.17) is 11.6 Å². The minimum atomic E-state index is 0.622. The van der Waals surface area contributed by atoms with E-state index in [2.05, 4.69) is 30.1 Å². The Kier molecular flexibility index (Phi) is 4.23. The Bertz CT molecular complexity index is 446. The van der Waals surface area contributed by atoms with Gasteiger partial charge in [-0.05, 0) is 56.7 Å². The Labute approximate surface area is 127 Å². The van der Waals surface area contributed by atoms with Crippen molar-refractivity contribution in [1.29, 1.82) is 0 Å². The lowest BCUT2D eigenvalue weighted by Crippen LogP contribution is -2.56. The maximum atomic E-state index is 6.10. The van der Waals surface area contributed by atoms with Crippen LogP contribution in [-0.4, -0.2) is 30.1 Å². The van der Waals surface area contributed by atoms with Crippen LogP contribution in [0, 0.1) is 11.8 Å². The van der Waals surface area contributed by atoms with Gasteiger partial charge in [0.15, 0.2) is 0 Å². The molecule has 1 N–H and O–H groups in total. The molecule has 0 amide bonds. The van der Waals surface area contributed by atoms with Gasteiger partial charge in [-0.2, -0.15) is 0 Å². The quantitative estimate of drug-likeness (QED) is 0.895. The van der Waals surface area contributed by atoms with Crippen LogP contribution in [0.25, 0.3) is 0 Å². The van der Waals surface area contributed by atoms with Crippen molar-refractivity contribution < 1.29 is 0 Å². The van der Waals surface area contributed by atoms with Crippen LogP contribution in [0.3, 0.4) is 0 Å². The van der Waals surface area contributed by atoms with Gasteiger partial charge >= 0.3 is 0 Å². The molecule has 3 rings (SSSR count). The Morgan fingerprint density at radius 2 is 1.90 bits per heavy atom. The van der Waals surface area contributed by atoms with Crippen LogP contribution >= 0.6 is 11.6 Å². The van der Waals surface area contributed by atoms with E-state index in [-0.39, 0.29) is 0 Å².